The summed E-state index contributed by atoms with van der Waals surface area (Å²) in [7, 11) is 0. The Morgan fingerprint density at radius 3 is 2.82 bits per heavy atom. The van der Waals surface area contributed by atoms with E-state index in [-0.39, 0.29) is 6.61 Å². The van der Waals surface area contributed by atoms with Gasteiger partial charge in [0.15, 0.2) is 0 Å². The van der Waals surface area contributed by atoms with Crippen LogP contribution in [0.2, 0.25) is 0 Å². The number of hydrogen-bond acceptors (Lipinski definition) is 3. The molecule has 0 unspecified atom stereocenters. The Morgan fingerprint density at radius 1 is 1.53 bits per heavy atom. The van der Waals surface area contributed by atoms with Gasteiger partial charge in [-0.15, -0.1) is 6.58 Å². The van der Waals surface area contributed by atoms with E-state index in [4.69, 9.17) is 5.73 Å². The van der Waals surface area contributed by atoms with E-state index in [1.165, 1.54) is 0 Å². The van der Waals surface area contributed by atoms with Crippen LogP contribution in [0, 0.1) is 0 Å². The molecule has 3 nitrogen and oxygen atoms in total. The maximum absolute atomic E-state index is 13.0. The average molecular weight is 241 g/mol. The van der Waals surface area contributed by atoms with E-state index >= 15 is 0 Å². The fourth-order valence-electron chi connectivity index (χ4n) is 1.20. The summed E-state index contributed by atoms with van der Waals surface area (Å²) in [5.41, 5.74) is 6.54. The number of nitrogen functional groups attached to an aromatic ring is 1. The second kappa shape index (κ2) is 5.43. The number of rotatable bonds is 5. The molecule has 0 aliphatic heterocycles. The Balaban J connectivity index is 2.56. The molecule has 0 aliphatic rings. The third-order valence-corrected chi connectivity index (χ3v) is 2.02. The van der Waals surface area contributed by atoms with Gasteiger partial charge in [-0.25, -0.2) is 4.79 Å². The highest BCUT2D eigenvalue weighted by molar-refractivity contribution is 5.77. The van der Waals surface area contributed by atoms with Crippen LogP contribution in [0.3, 0.4) is 0 Å². The Labute approximate surface area is 97.9 Å². The standard InChI is InChI=1S/C12H13F2NO2/c1-2-6-12(13,14)11(16)17-8-9-4-3-5-10(15)7-9/h2-5,7H,1,6,8,15H2. The number of anilines is 1. The molecule has 0 saturated heterocycles. The zero-order valence-corrected chi connectivity index (χ0v) is 9.16. The fraction of sp³-hybridized carbons (Fsp3) is 0.250. The molecule has 1 aromatic carbocycles. The van der Waals surface area contributed by atoms with Crippen LogP contribution in [0.25, 0.3) is 0 Å². The first kappa shape index (κ1) is 13.2. The highest BCUT2D eigenvalue weighted by Crippen LogP contribution is 2.21. The van der Waals surface area contributed by atoms with Gasteiger partial charge in [0.1, 0.15) is 6.61 Å². The highest BCUT2D eigenvalue weighted by Gasteiger charge is 2.39. The van der Waals surface area contributed by atoms with E-state index in [9.17, 15) is 13.6 Å². The monoisotopic (exact) mass is 241 g/mol. The van der Waals surface area contributed by atoms with Gasteiger partial charge in [0.2, 0.25) is 0 Å². The molecule has 0 saturated carbocycles. The lowest BCUT2D eigenvalue weighted by atomic mass is 10.2. The minimum Gasteiger partial charge on any atom is -0.456 e. The molecule has 0 heterocycles. The molecule has 0 aliphatic carbocycles. The highest BCUT2D eigenvalue weighted by atomic mass is 19.3. The normalized spacial score (nSPS) is 10.9. The zero-order valence-electron chi connectivity index (χ0n) is 9.16. The van der Waals surface area contributed by atoms with Crippen molar-refractivity contribution in [2.75, 3.05) is 5.73 Å². The van der Waals surface area contributed by atoms with Crippen LogP contribution < -0.4 is 5.73 Å². The number of nitrogens with two attached hydrogens (primary N) is 1. The molecule has 0 radical (unpaired) electrons. The van der Waals surface area contributed by atoms with Crippen LogP contribution in [0.15, 0.2) is 36.9 Å². The largest absolute Gasteiger partial charge is 0.456 e. The second-order valence-electron chi connectivity index (χ2n) is 3.52. The number of hydrogen-bond donors (Lipinski definition) is 1. The van der Waals surface area contributed by atoms with Crippen molar-refractivity contribution in [1.82, 2.24) is 0 Å². The zero-order chi connectivity index (χ0) is 12.9. The molecule has 0 amide bonds. The topological polar surface area (TPSA) is 52.3 Å². The number of carbonyl (C=O) groups excluding carboxylic acids is 1. The molecule has 0 spiro atoms. The van der Waals surface area contributed by atoms with Gasteiger partial charge in [-0.2, -0.15) is 8.78 Å². The Kier molecular flexibility index (Phi) is 4.20. The first-order valence-electron chi connectivity index (χ1n) is 4.96. The van der Waals surface area contributed by atoms with Crippen LogP contribution in [0.5, 0.6) is 0 Å². The van der Waals surface area contributed by atoms with Crippen molar-refractivity contribution in [3.05, 3.63) is 42.5 Å². The number of allylic oxidation sites excluding steroid dienone is 1. The molecule has 2 N–H and O–H groups in total. The SMILES string of the molecule is C=CCC(F)(F)C(=O)OCc1cccc(N)c1. The predicted molar refractivity (Wildman–Crippen MR) is 60.4 cm³/mol. The van der Waals surface area contributed by atoms with Gasteiger partial charge in [0.05, 0.1) is 0 Å². The van der Waals surface area contributed by atoms with E-state index in [1.807, 2.05) is 0 Å². The van der Waals surface area contributed by atoms with Gasteiger partial charge >= 0.3 is 11.9 Å². The van der Waals surface area contributed by atoms with Crippen LogP contribution in [0.1, 0.15) is 12.0 Å². The number of esters is 1. The predicted octanol–water partition coefficient (Wildman–Crippen LogP) is 2.52. The van der Waals surface area contributed by atoms with E-state index in [2.05, 4.69) is 11.3 Å². The van der Waals surface area contributed by atoms with Crippen LogP contribution in [0.4, 0.5) is 14.5 Å². The molecular weight excluding hydrogens is 228 g/mol. The third-order valence-electron chi connectivity index (χ3n) is 2.02. The molecule has 0 fully saturated rings. The molecular formula is C12H13F2NO2. The maximum Gasteiger partial charge on any atom is 0.377 e. The number of alkyl halides is 2. The summed E-state index contributed by atoms with van der Waals surface area (Å²) in [6, 6.07) is 6.49. The van der Waals surface area contributed by atoms with E-state index in [0.29, 0.717) is 11.3 Å². The minimum absolute atomic E-state index is 0.226. The summed E-state index contributed by atoms with van der Waals surface area (Å²) in [6.45, 7) is 2.93. The van der Waals surface area contributed by atoms with Gasteiger partial charge in [-0.1, -0.05) is 18.2 Å². The van der Waals surface area contributed by atoms with Crippen molar-refractivity contribution < 1.29 is 18.3 Å². The van der Waals surface area contributed by atoms with Gasteiger partial charge < -0.3 is 10.5 Å². The lowest BCUT2D eigenvalue weighted by molar-refractivity contribution is -0.172. The third kappa shape index (κ3) is 3.86. The molecule has 1 rings (SSSR count). The summed E-state index contributed by atoms with van der Waals surface area (Å²) < 4.78 is 30.6. The summed E-state index contributed by atoms with van der Waals surface area (Å²) in [5, 5.41) is 0. The van der Waals surface area contributed by atoms with Crippen LogP contribution >= 0.6 is 0 Å². The van der Waals surface area contributed by atoms with Gasteiger partial charge in [0.25, 0.3) is 0 Å². The van der Waals surface area contributed by atoms with Crippen LogP contribution in [-0.4, -0.2) is 11.9 Å². The Hall–Kier alpha value is -1.91. The molecule has 5 heteroatoms. The molecule has 0 bridgehead atoms. The van der Waals surface area contributed by atoms with Crippen molar-refractivity contribution in [2.45, 2.75) is 19.0 Å². The lowest BCUT2D eigenvalue weighted by Crippen LogP contribution is -2.29. The van der Waals surface area contributed by atoms with Crippen LogP contribution in [-0.2, 0) is 16.1 Å². The molecule has 0 atom stereocenters. The summed E-state index contributed by atoms with van der Waals surface area (Å²) in [4.78, 5) is 11.1. The molecule has 1 aromatic rings. The number of halogens is 2. The lowest BCUT2D eigenvalue weighted by Gasteiger charge is -2.13. The molecule has 0 aromatic heterocycles. The second-order valence-corrected chi connectivity index (χ2v) is 3.52. The summed E-state index contributed by atoms with van der Waals surface area (Å²) in [6.07, 6.45) is 0.241. The smallest absolute Gasteiger partial charge is 0.377 e. The van der Waals surface area contributed by atoms with Crippen molar-refractivity contribution in [1.29, 1.82) is 0 Å². The minimum atomic E-state index is -3.53. The van der Waals surface area contributed by atoms with Crippen molar-refractivity contribution in [3.8, 4) is 0 Å². The first-order valence-corrected chi connectivity index (χ1v) is 4.96. The Bertz CT molecular complexity index is 419. The fourth-order valence-corrected chi connectivity index (χ4v) is 1.20. The average Bonchev–Trinajstić information content (AvgIpc) is 2.26. The van der Waals surface area contributed by atoms with E-state index in [0.717, 1.165) is 6.08 Å². The number of carbonyl (C=O) groups is 1. The molecule has 92 valence electrons. The number of ether oxygens (including phenoxy) is 1. The number of benzene rings is 1. The summed E-state index contributed by atoms with van der Waals surface area (Å²) in [5.74, 6) is -5.08. The Morgan fingerprint density at radius 2 is 2.24 bits per heavy atom. The quantitative estimate of drug-likeness (QED) is 0.489. The van der Waals surface area contributed by atoms with E-state index in [1.54, 1.807) is 24.3 Å². The van der Waals surface area contributed by atoms with Gasteiger partial charge in [-0.05, 0) is 17.7 Å². The van der Waals surface area contributed by atoms with Gasteiger partial charge in [-0.3, -0.25) is 0 Å². The van der Waals surface area contributed by atoms with Crippen molar-refractivity contribution in [2.24, 2.45) is 0 Å². The van der Waals surface area contributed by atoms with Crippen molar-refractivity contribution in [3.63, 3.8) is 0 Å². The van der Waals surface area contributed by atoms with E-state index < -0.39 is 18.3 Å². The summed E-state index contributed by atoms with van der Waals surface area (Å²) >= 11 is 0. The van der Waals surface area contributed by atoms with Gasteiger partial charge in [0, 0.05) is 12.1 Å². The van der Waals surface area contributed by atoms with Crippen molar-refractivity contribution >= 4 is 11.7 Å². The maximum atomic E-state index is 13.0. The first-order chi connectivity index (χ1) is 7.95. The molecule has 17 heavy (non-hydrogen) atoms.